The van der Waals surface area contributed by atoms with Crippen molar-refractivity contribution in [1.29, 1.82) is 0 Å². The van der Waals surface area contributed by atoms with Crippen LogP contribution >= 0.6 is 0 Å². The van der Waals surface area contributed by atoms with Crippen LogP contribution in [0.15, 0.2) is 0 Å². The quantitative estimate of drug-likeness (QED) is 0.681. The van der Waals surface area contributed by atoms with Crippen LogP contribution in [0.1, 0.15) is 48.5 Å². The summed E-state index contributed by atoms with van der Waals surface area (Å²) in [5.74, 6) is 0.530. The average Bonchev–Trinajstić information content (AvgIpc) is 2.03. The molecule has 0 saturated carbocycles. The molecular weight excluding hydrogens is 176 g/mol. The van der Waals surface area contributed by atoms with Crippen molar-refractivity contribution in [3.63, 3.8) is 0 Å². The van der Waals surface area contributed by atoms with Gasteiger partial charge in [-0.2, -0.15) is 0 Å². The van der Waals surface area contributed by atoms with Crippen molar-refractivity contribution in [3.8, 4) is 0 Å². The Bertz CT molecular complexity index is 171. The molecule has 0 fully saturated rings. The fraction of sp³-hybridized carbons (Fsp3) is 1.00. The fourth-order valence-electron chi connectivity index (χ4n) is 0.989. The van der Waals surface area contributed by atoms with Crippen LogP contribution in [0, 0.1) is 5.92 Å². The van der Waals surface area contributed by atoms with Crippen LogP contribution in [0.3, 0.4) is 0 Å². The van der Waals surface area contributed by atoms with Crippen molar-refractivity contribution in [2.75, 3.05) is 7.11 Å². The molecule has 1 unspecified atom stereocenters. The molecule has 14 heavy (non-hydrogen) atoms. The molecule has 0 spiro atoms. The number of hydrogen-bond acceptors (Lipinski definition) is 2. The summed E-state index contributed by atoms with van der Waals surface area (Å²) < 4.78 is 11.5. The molecule has 0 aliphatic heterocycles. The second kappa shape index (κ2) is 4.63. The van der Waals surface area contributed by atoms with Gasteiger partial charge < -0.3 is 9.47 Å². The van der Waals surface area contributed by atoms with E-state index in [1.807, 2.05) is 0 Å². The Hall–Kier alpha value is -0.0800. The van der Waals surface area contributed by atoms with E-state index in [0.29, 0.717) is 5.92 Å². The molecule has 0 bridgehead atoms. The van der Waals surface area contributed by atoms with Crippen LogP contribution in [0.2, 0.25) is 0 Å². The largest absolute Gasteiger partial charge is 0.376 e. The van der Waals surface area contributed by atoms with Gasteiger partial charge in [-0.1, -0.05) is 13.8 Å². The summed E-state index contributed by atoms with van der Waals surface area (Å²) in [6.07, 6.45) is 0.249. The molecule has 0 rings (SSSR count). The summed E-state index contributed by atoms with van der Waals surface area (Å²) in [5.41, 5.74) is -0.540. The minimum atomic E-state index is -0.272. The number of ether oxygens (including phenoxy) is 2. The van der Waals surface area contributed by atoms with Crippen LogP contribution in [0.5, 0.6) is 0 Å². The molecule has 86 valence electrons. The zero-order valence-electron chi connectivity index (χ0n) is 11.0. The van der Waals surface area contributed by atoms with Crippen molar-refractivity contribution in [2.24, 2.45) is 5.92 Å². The third-order valence-electron chi connectivity index (χ3n) is 3.38. The Kier molecular flexibility index (Phi) is 4.60. The topological polar surface area (TPSA) is 18.5 Å². The van der Waals surface area contributed by atoms with Crippen molar-refractivity contribution in [2.45, 2.75) is 65.8 Å². The molecule has 0 amide bonds. The summed E-state index contributed by atoms with van der Waals surface area (Å²) >= 11 is 0. The summed E-state index contributed by atoms with van der Waals surface area (Å²) in [6.45, 7) is 14.7. The minimum absolute atomic E-state index is 0.249. The summed E-state index contributed by atoms with van der Waals surface area (Å²) in [4.78, 5) is 0. The fourth-order valence-corrected chi connectivity index (χ4v) is 0.989. The van der Waals surface area contributed by atoms with Gasteiger partial charge in [0.1, 0.15) is 0 Å². The average molecular weight is 202 g/mol. The second-order valence-corrected chi connectivity index (χ2v) is 5.29. The second-order valence-electron chi connectivity index (χ2n) is 5.29. The monoisotopic (exact) mass is 202 g/mol. The van der Waals surface area contributed by atoms with Crippen molar-refractivity contribution < 1.29 is 9.47 Å². The summed E-state index contributed by atoms with van der Waals surface area (Å²) in [5, 5.41) is 0. The maximum absolute atomic E-state index is 6.03. The van der Waals surface area contributed by atoms with Crippen LogP contribution in [-0.4, -0.2) is 24.4 Å². The molecule has 0 aromatic carbocycles. The van der Waals surface area contributed by atoms with Gasteiger partial charge in [0, 0.05) is 7.11 Å². The maximum Gasteiger partial charge on any atom is 0.0913 e. The Morgan fingerprint density at radius 2 is 1.29 bits per heavy atom. The molecule has 0 heterocycles. The van der Waals surface area contributed by atoms with Gasteiger partial charge in [0.2, 0.25) is 0 Å². The van der Waals surface area contributed by atoms with Crippen LogP contribution in [-0.2, 0) is 9.47 Å². The Morgan fingerprint density at radius 1 is 0.857 bits per heavy atom. The first kappa shape index (κ1) is 13.9. The third-order valence-corrected chi connectivity index (χ3v) is 3.38. The Balaban J connectivity index is 4.48. The van der Waals surface area contributed by atoms with E-state index < -0.39 is 0 Å². The highest BCUT2D eigenvalue weighted by molar-refractivity contribution is 4.90. The molecule has 0 aliphatic carbocycles. The molecule has 2 heteroatoms. The molecular formula is C12H26O2. The lowest BCUT2D eigenvalue weighted by molar-refractivity contribution is -0.190. The van der Waals surface area contributed by atoms with Crippen molar-refractivity contribution >= 4 is 0 Å². The van der Waals surface area contributed by atoms with E-state index in [4.69, 9.17) is 9.47 Å². The Labute approximate surface area is 89.0 Å². The lowest BCUT2D eigenvalue weighted by Gasteiger charge is -2.42. The highest BCUT2D eigenvalue weighted by Crippen LogP contribution is 2.30. The maximum atomic E-state index is 6.03. The van der Waals surface area contributed by atoms with Crippen molar-refractivity contribution in [3.05, 3.63) is 0 Å². The molecule has 2 nitrogen and oxygen atoms in total. The SMILES string of the molecule is COC(C)(C)C(C)(C)OC(C)C(C)C. The smallest absolute Gasteiger partial charge is 0.0913 e. The zero-order valence-corrected chi connectivity index (χ0v) is 11.0. The van der Waals surface area contributed by atoms with Gasteiger partial charge in [-0.25, -0.2) is 0 Å². The van der Waals surface area contributed by atoms with Crippen LogP contribution < -0.4 is 0 Å². The van der Waals surface area contributed by atoms with Gasteiger partial charge in [-0.3, -0.25) is 0 Å². The molecule has 0 radical (unpaired) electrons. The van der Waals surface area contributed by atoms with E-state index in [-0.39, 0.29) is 17.3 Å². The highest BCUT2D eigenvalue weighted by Gasteiger charge is 2.39. The lowest BCUT2D eigenvalue weighted by Crippen LogP contribution is -2.50. The first-order valence-electron chi connectivity index (χ1n) is 5.37. The highest BCUT2D eigenvalue weighted by atomic mass is 16.6. The van der Waals surface area contributed by atoms with E-state index in [1.165, 1.54) is 0 Å². The standard InChI is InChI=1S/C12H26O2/c1-9(2)10(3)14-12(6,7)11(4,5)13-8/h9-10H,1-8H3. The van der Waals surface area contributed by atoms with E-state index in [0.717, 1.165) is 0 Å². The van der Waals surface area contributed by atoms with E-state index in [2.05, 4.69) is 48.5 Å². The Morgan fingerprint density at radius 3 is 1.57 bits per heavy atom. The first-order valence-corrected chi connectivity index (χ1v) is 5.37. The predicted molar refractivity (Wildman–Crippen MR) is 60.6 cm³/mol. The predicted octanol–water partition coefficient (Wildman–Crippen LogP) is 3.25. The molecule has 0 saturated heterocycles. The number of hydrogen-bond donors (Lipinski definition) is 0. The minimum Gasteiger partial charge on any atom is -0.376 e. The molecule has 0 aromatic heterocycles. The third kappa shape index (κ3) is 3.25. The summed E-state index contributed by atoms with van der Waals surface area (Å²) in [7, 11) is 1.73. The van der Waals surface area contributed by atoms with E-state index in [1.54, 1.807) is 7.11 Å². The van der Waals surface area contributed by atoms with E-state index >= 15 is 0 Å². The number of methoxy groups -OCH3 is 1. The molecule has 1 atom stereocenters. The van der Waals surface area contributed by atoms with E-state index in [9.17, 15) is 0 Å². The van der Waals surface area contributed by atoms with Crippen LogP contribution in [0.4, 0.5) is 0 Å². The number of rotatable bonds is 5. The molecule has 0 aromatic rings. The normalized spacial score (nSPS) is 16.1. The summed E-state index contributed by atoms with van der Waals surface area (Å²) in [6, 6.07) is 0. The van der Waals surface area contributed by atoms with Gasteiger partial charge in [0.05, 0.1) is 17.3 Å². The zero-order chi connectivity index (χ0) is 11.6. The lowest BCUT2D eigenvalue weighted by atomic mass is 9.88. The molecule has 0 N–H and O–H groups in total. The van der Waals surface area contributed by atoms with Gasteiger partial charge in [0.15, 0.2) is 0 Å². The first-order chi connectivity index (χ1) is 6.14. The van der Waals surface area contributed by atoms with Gasteiger partial charge >= 0.3 is 0 Å². The van der Waals surface area contributed by atoms with Gasteiger partial charge in [-0.15, -0.1) is 0 Å². The molecule has 0 aliphatic rings. The van der Waals surface area contributed by atoms with Crippen LogP contribution in [0.25, 0.3) is 0 Å². The van der Waals surface area contributed by atoms with Crippen molar-refractivity contribution in [1.82, 2.24) is 0 Å². The van der Waals surface area contributed by atoms with Gasteiger partial charge in [0.25, 0.3) is 0 Å². The van der Waals surface area contributed by atoms with Gasteiger partial charge in [-0.05, 0) is 40.5 Å².